The second kappa shape index (κ2) is 4.53. The molecule has 17 heavy (non-hydrogen) atoms. The second-order valence-corrected chi connectivity index (χ2v) is 4.05. The van der Waals surface area contributed by atoms with Gasteiger partial charge >= 0.3 is 0 Å². The molecule has 0 unspecified atom stereocenters. The van der Waals surface area contributed by atoms with Gasteiger partial charge in [-0.1, -0.05) is 5.16 Å². The highest BCUT2D eigenvalue weighted by atomic mass is 127. The molecule has 0 aliphatic heterocycles. The van der Waals surface area contributed by atoms with Crippen LogP contribution in [0.2, 0.25) is 0 Å². The van der Waals surface area contributed by atoms with Crippen molar-refractivity contribution in [2.75, 3.05) is 0 Å². The minimum Gasteiger partial charge on any atom is -0.409 e. The van der Waals surface area contributed by atoms with Crippen molar-refractivity contribution in [3.63, 3.8) is 0 Å². The molecule has 0 saturated heterocycles. The number of oxime groups is 1. The van der Waals surface area contributed by atoms with Crippen molar-refractivity contribution in [2.45, 2.75) is 0 Å². The Morgan fingerprint density at radius 1 is 1.59 bits per heavy atom. The van der Waals surface area contributed by atoms with Crippen molar-refractivity contribution in [3.8, 4) is 5.82 Å². The van der Waals surface area contributed by atoms with Gasteiger partial charge in [0, 0.05) is 12.4 Å². The Balaban J connectivity index is 2.66. The Bertz CT molecular complexity index is 631. The lowest BCUT2D eigenvalue weighted by molar-refractivity contribution is 0.318. The zero-order chi connectivity index (χ0) is 12.4. The number of amidine groups is 1. The van der Waals surface area contributed by atoms with Gasteiger partial charge < -0.3 is 15.9 Å². The van der Waals surface area contributed by atoms with E-state index in [0.29, 0.717) is 9.39 Å². The number of imidazole rings is 1. The lowest BCUT2D eigenvalue weighted by atomic mass is 10.5. The first-order valence-electron chi connectivity index (χ1n) is 4.40. The average molecular weight is 346 g/mol. The fourth-order valence-corrected chi connectivity index (χ4v) is 1.81. The monoisotopic (exact) mass is 346 g/mol. The van der Waals surface area contributed by atoms with Crippen molar-refractivity contribution in [1.82, 2.24) is 19.5 Å². The van der Waals surface area contributed by atoms with Crippen LogP contribution in [-0.2, 0) is 0 Å². The molecule has 0 aliphatic carbocycles. The van der Waals surface area contributed by atoms with E-state index < -0.39 is 0 Å². The molecule has 2 aromatic rings. The number of nitrogens with two attached hydrogens (primary N) is 1. The molecular formula is C8H7IN6O2. The molecule has 0 aromatic carbocycles. The van der Waals surface area contributed by atoms with Gasteiger partial charge in [-0.15, -0.1) is 0 Å². The molecule has 2 heterocycles. The van der Waals surface area contributed by atoms with E-state index in [1.54, 1.807) is 6.20 Å². The summed E-state index contributed by atoms with van der Waals surface area (Å²) in [4.78, 5) is 21.8. The first kappa shape index (κ1) is 11.6. The first-order chi connectivity index (χ1) is 8.15. The summed E-state index contributed by atoms with van der Waals surface area (Å²) in [6.45, 7) is 0. The van der Waals surface area contributed by atoms with E-state index in [0.717, 1.165) is 0 Å². The molecule has 0 atom stereocenters. The molecule has 0 saturated carbocycles. The van der Waals surface area contributed by atoms with Gasteiger partial charge in [-0.2, -0.15) is 0 Å². The van der Waals surface area contributed by atoms with E-state index in [1.807, 2.05) is 22.6 Å². The molecule has 0 radical (unpaired) electrons. The van der Waals surface area contributed by atoms with Gasteiger partial charge in [0.05, 0.1) is 6.33 Å². The van der Waals surface area contributed by atoms with E-state index in [-0.39, 0.29) is 17.2 Å². The SMILES string of the molecule is N/C(=N/O)c1nccn1-c1nc[nH]c(=O)c1I. The molecular weight excluding hydrogens is 339 g/mol. The van der Waals surface area contributed by atoms with E-state index in [4.69, 9.17) is 10.9 Å². The molecule has 9 heteroatoms. The smallest absolute Gasteiger partial charge is 0.266 e. The van der Waals surface area contributed by atoms with E-state index in [2.05, 4.69) is 20.1 Å². The molecule has 2 rings (SSSR count). The highest BCUT2D eigenvalue weighted by Gasteiger charge is 2.14. The van der Waals surface area contributed by atoms with E-state index in [9.17, 15) is 4.79 Å². The maximum atomic E-state index is 11.4. The molecule has 88 valence electrons. The summed E-state index contributed by atoms with van der Waals surface area (Å²) in [5.74, 6) is 0.421. The average Bonchev–Trinajstić information content (AvgIpc) is 2.80. The van der Waals surface area contributed by atoms with Crippen molar-refractivity contribution in [2.24, 2.45) is 10.9 Å². The van der Waals surface area contributed by atoms with Crippen LogP contribution >= 0.6 is 22.6 Å². The van der Waals surface area contributed by atoms with Crippen LogP contribution in [0.15, 0.2) is 28.7 Å². The van der Waals surface area contributed by atoms with Crippen LogP contribution in [0.4, 0.5) is 0 Å². The minimum absolute atomic E-state index is 0.159. The van der Waals surface area contributed by atoms with Crippen molar-refractivity contribution >= 4 is 28.4 Å². The van der Waals surface area contributed by atoms with Crippen molar-refractivity contribution in [3.05, 3.63) is 38.5 Å². The Kier molecular flexibility index (Phi) is 3.08. The van der Waals surface area contributed by atoms with Crippen LogP contribution in [-0.4, -0.2) is 30.6 Å². The molecule has 0 fully saturated rings. The van der Waals surface area contributed by atoms with Gasteiger partial charge in [-0.05, 0) is 22.6 Å². The minimum atomic E-state index is -0.269. The fourth-order valence-electron chi connectivity index (χ4n) is 1.25. The topological polar surface area (TPSA) is 122 Å². The maximum absolute atomic E-state index is 11.4. The maximum Gasteiger partial charge on any atom is 0.266 e. The number of halogens is 1. The standard InChI is InChI=1S/C8H7IN6O2/c9-4-6(12-3-13-8(4)16)15-2-1-11-7(15)5(10)14-17/h1-3,17H,(H2,10,14)(H,12,13,16). The van der Waals surface area contributed by atoms with Gasteiger partial charge in [0.15, 0.2) is 11.6 Å². The Morgan fingerprint density at radius 3 is 3.06 bits per heavy atom. The highest BCUT2D eigenvalue weighted by Crippen LogP contribution is 2.11. The van der Waals surface area contributed by atoms with Crippen LogP contribution < -0.4 is 11.3 Å². The number of nitrogens with zero attached hydrogens (tertiary/aromatic N) is 4. The normalized spacial score (nSPS) is 11.7. The van der Waals surface area contributed by atoms with Crippen LogP contribution in [0.5, 0.6) is 0 Å². The van der Waals surface area contributed by atoms with Crippen LogP contribution in [0.25, 0.3) is 5.82 Å². The number of rotatable bonds is 2. The van der Waals surface area contributed by atoms with Crippen LogP contribution in [0.3, 0.4) is 0 Å². The third-order valence-electron chi connectivity index (χ3n) is 1.98. The molecule has 8 nitrogen and oxygen atoms in total. The lowest BCUT2D eigenvalue weighted by Crippen LogP contribution is -2.22. The molecule has 4 N–H and O–H groups in total. The second-order valence-electron chi connectivity index (χ2n) is 2.98. The molecule has 0 spiro atoms. The van der Waals surface area contributed by atoms with E-state index >= 15 is 0 Å². The van der Waals surface area contributed by atoms with Crippen molar-refractivity contribution < 1.29 is 5.21 Å². The number of nitrogens with one attached hydrogen (secondary N) is 1. The van der Waals surface area contributed by atoms with Gasteiger partial charge in [0.2, 0.25) is 5.84 Å². The Hall–Kier alpha value is -1.91. The van der Waals surface area contributed by atoms with Crippen LogP contribution in [0.1, 0.15) is 5.82 Å². The third kappa shape index (κ3) is 2.00. The lowest BCUT2D eigenvalue weighted by Gasteiger charge is -2.06. The Labute approximate surface area is 108 Å². The third-order valence-corrected chi connectivity index (χ3v) is 2.96. The summed E-state index contributed by atoms with van der Waals surface area (Å²) in [7, 11) is 0. The van der Waals surface area contributed by atoms with Gasteiger partial charge in [-0.3, -0.25) is 9.36 Å². The Morgan fingerprint density at radius 2 is 2.35 bits per heavy atom. The van der Waals surface area contributed by atoms with Gasteiger partial charge in [0.25, 0.3) is 5.56 Å². The number of hydrogen-bond donors (Lipinski definition) is 3. The predicted octanol–water partition coefficient (Wildman–Crippen LogP) is -0.345. The fraction of sp³-hybridized carbons (Fsp3) is 0. The van der Waals surface area contributed by atoms with Gasteiger partial charge in [-0.25, -0.2) is 9.97 Å². The number of H-pyrrole nitrogens is 1. The molecule has 2 aromatic heterocycles. The number of hydrogen-bond acceptors (Lipinski definition) is 5. The molecule has 0 bridgehead atoms. The zero-order valence-corrected chi connectivity index (χ0v) is 10.5. The first-order valence-corrected chi connectivity index (χ1v) is 5.48. The number of aromatic nitrogens is 4. The summed E-state index contributed by atoms with van der Waals surface area (Å²) < 4.78 is 1.85. The zero-order valence-electron chi connectivity index (χ0n) is 8.33. The van der Waals surface area contributed by atoms with Crippen LogP contribution in [0, 0.1) is 3.57 Å². The predicted molar refractivity (Wildman–Crippen MR) is 67.2 cm³/mol. The summed E-state index contributed by atoms with van der Waals surface area (Å²) in [5, 5.41) is 11.5. The quantitative estimate of drug-likeness (QED) is 0.226. The summed E-state index contributed by atoms with van der Waals surface area (Å²) >= 11 is 1.86. The largest absolute Gasteiger partial charge is 0.409 e. The summed E-state index contributed by atoms with van der Waals surface area (Å²) in [5.41, 5.74) is 5.20. The van der Waals surface area contributed by atoms with E-state index in [1.165, 1.54) is 17.1 Å². The summed E-state index contributed by atoms with van der Waals surface area (Å²) in [6, 6.07) is 0. The molecule has 0 aliphatic rings. The number of aromatic amines is 1. The van der Waals surface area contributed by atoms with Crippen molar-refractivity contribution in [1.29, 1.82) is 0 Å². The van der Waals surface area contributed by atoms with Gasteiger partial charge in [0.1, 0.15) is 3.57 Å². The highest BCUT2D eigenvalue weighted by molar-refractivity contribution is 14.1. The molecule has 0 amide bonds. The summed E-state index contributed by atoms with van der Waals surface area (Å²) in [6.07, 6.45) is 4.31.